The van der Waals surface area contributed by atoms with Crippen molar-refractivity contribution in [2.75, 3.05) is 0 Å². The van der Waals surface area contributed by atoms with Crippen LogP contribution in [0, 0.1) is 5.41 Å². The topological polar surface area (TPSA) is 38.0 Å². The molecule has 0 aromatic heterocycles. The Morgan fingerprint density at radius 3 is 2.17 bits per heavy atom. The molecule has 0 saturated heterocycles. The average molecular weight is 172 g/mol. The fourth-order valence-corrected chi connectivity index (χ4v) is 1.36. The van der Waals surface area contributed by atoms with E-state index in [2.05, 4.69) is 33.1 Å². The number of hydrogen-bond acceptors (Lipinski definition) is 2. The average Bonchev–Trinajstić information content (AvgIpc) is 1.95. The summed E-state index contributed by atoms with van der Waals surface area (Å²) in [4.78, 5) is 0. The fourth-order valence-electron chi connectivity index (χ4n) is 1.36. The third-order valence-corrected chi connectivity index (χ3v) is 2.34. The maximum atomic E-state index is 5.49. The predicted octanol–water partition coefficient (Wildman–Crippen LogP) is 2.44. The van der Waals surface area contributed by atoms with Crippen molar-refractivity contribution in [1.29, 1.82) is 0 Å². The van der Waals surface area contributed by atoms with Crippen molar-refractivity contribution >= 4 is 0 Å². The summed E-state index contributed by atoms with van der Waals surface area (Å²) < 4.78 is 0. The molecular weight excluding hydrogens is 148 g/mol. The summed E-state index contributed by atoms with van der Waals surface area (Å²) in [6.45, 7) is 8.90. The van der Waals surface area contributed by atoms with Crippen LogP contribution in [0.15, 0.2) is 0 Å². The summed E-state index contributed by atoms with van der Waals surface area (Å²) in [5, 5.41) is 0. The Labute approximate surface area is 76.9 Å². The van der Waals surface area contributed by atoms with Gasteiger partial charge in [0.25, 0.3) is 0 Å². The summed E-state index contributed by atoms with van der Waals surface area (Å²) in [6, 6.07) is 0.448. The molecule has 0 rings (SSSR count). The van der Waals surface area contributed by atoms with E-state index in [-0.39, 0.29) is 5.41 Å². The van der Waals surface area contributed by atoms with Crippen LogP contribution in [-0.2, 0) is 0 Å². The van der Waals surface area contributed by atoms with E-state index in [1.54, 1.807) is 0 Å². The summed E-state index contributed by atoms with van der Waals surface area (Å²) in [5.74, 6) is 5.49. The lowest BCUT2D eigenvalue weighted by Gasteiger charge is -2.29. The standard InChI is InChI=1S/C10H24N2/c1-5-6-7-8-9(12-11)10(2,3)4/h9,12H,5-8,11H2,1-4H3. The van der Waals surface area contributed by atoms with Crippen molar-refractivity contribution in [3.8, 4) is 0 Å². The first-order valence-corrected chi connectivity index (χ1v) is 4.98. The Hall–Kier alpha value is -0.0800. The Kier molecular flexibility index (Phi) is 5.51. The van der Waals surface area contributed by atoms with E-state index in [0.29, 0.717) is 6.04 Å². The Bertz CT molecular complexity index is 105. The number of nitrogens with two attached hydrogens (primary N) is 1. The van der Waals surface area contributed by atoms with Gasteiger partial charge in [-0.05, 0) is 11.8 Å². The van der Waals surface area contributed by atoms with Crippen LogP contribution in [-0.4, -0.2) is 6.04 Å². The molecule has 0 amide bonds. The SMILES string of the molecule is CCCCCC(NN)C(C)(C)C. The fraction of sp³-hybridized carbons (Fsp3) is 1.00. The lowest BCUT2D eigenvalue weighted by Crippen LogP contribution is -2.44. The summed E-state index contributed by atoms with van der Waals surface area (Å²) >= 11 is 0. The predicted molar refractivity (Wildman–Crippen MR) is 54.7 cm³/mol. The number of hydrogen-bond donors (Lipinski definition) is 2. The highest BCUT2D eigenvalue weighted by atomic mass is 15.2. The van der Waals surface area contributed by atoms with Gasteiger partial charge in [-0.25, -0.2) is 0 Å². The lowest BCUT2D eigenvalue weighted by atomic mass is 9.84. The minimum absolute atomic E-state index is 0.280. The van der Waals surface area contributed by atoms with E-state index in [9.17, 15) is 0 Å². The van der Waals surface area contributed by atoms with Gasteiger partial charge in [0.2, 0.25) is 0 Å². The van der Waals surface area contributed by atoms with Crippen LogP contribution in [0.2, 0.25) is 0 Å². The number of nitrogens with one attached hydrogen (secondary N) is 1. The van der Waals surface area contributed by atoms with E-state index in [0.717, 1.165) is 0 Å². The molecule has 1 unspecified atom stereocenters. The Balaban J connectivity index is 3.68. The third kappa shape index (κ3) is 4.73. The van der Waals surface area contributed by atoms with Crippen LogP contribution < -0.4 is 11.3 Å². The normalized spacial score (nSPS) is 14.8. The van der Waals surface area contributed by atoms with E-state index in [1.165, 1.54) is 25.7 Å². The molecule has 0 aromatic rings. The van der Waals surface area contributed by atoms with E-state index in [1.807, 2.05) is 0 Å². The number of unbranched alkanes of at least 4 members (excludes halogenated alkanes) is 2. The molecular formula is C10H24N2. The van der Waals surface area contributed by atoms with Crippen molar-refractivity contribution in [2.24, 2.45) is 11.3 Å². The van der Waals surface area contributed by atoms with E-state index in [4.69, 9.17) is 5.84 Å². The van der Waals surface area contributed by atoms with Crippen molar-refractivity contribution in [1.82, 2.24) is 5.43 Å². The summed E-state index contributed by atoms with van der Waals surface area (Å²) in [6.07, 6.45) is 5.06. The molecule has 0 aliphatic carbocycles. The van der Waals surface area contributed by atoms with E-state index < -0.39 is 0 Å². The monoisotopic (exact) mass is 172 g/mol. The quantitative estimate of drug-likeness (QED) is 0.380. The molecule has 2 heteroatoms. The highest BCUT2D eigenvalue weighted by molar-refractivity contribution is 4.78. The third-order valence-electron chi connectivity index (χ3n) is 2.34. The maximum absolute atomic E-state index is 5.49. The second-order valence-corrected chi connectivity index (χ2v) is 4.58. The van der Waals surface area contributed by atoms with Gasteiger partial charge in [-0.2, -0.15) is 0 Å². The first-order chi connectivity index (χ1) is 5.52. The number of hydrazine groups is 1. The molecule has 2 nitrogen and oxygen atoms in total. The van der Waals surface area contributed by atoms with Crippen LogP contribution in [0.5, 0.6) is 0 Å². The van der Waals surface area contributed by atoms with Gasteiger partial charge in [0, 0.05) is 6.04 Å². The molecule has 0 spiro atoms. The molecule has 0 heterocycles. The molecule has 1 atom stereocenters. The number of rotatable bonds is 5. The van der Waals surface area contributed by atoms with Crippen LogP contribution in [0.4, 0.5) is 0 Å². The van der Waals surface area contributed by atoms with Crippen molar-refractivity contribution < 1.29 is 0 Å². The van der Waals surface area contributed by atoms with Crippen LogP contribution in [0.3, 0.4) is 0 Å². The molecule has 0 saturated carbocycles. The van der Waals surface area contributed by atoms with Crippen LogP contribution in [0.1, 0.15) is 53.4 Å². The van der Waals surface area contributed by atoms with Crippen molar-refractivity contribution in [2.45, 2.75) is 59.4 Å². The molecule has 0 aliphatic rings. The second kappa shape index (κ2) is 5.55. The van der Waals surface area contributed by atoms with Gasteiger partial charge < -0.3 is 0 Å². The van der Waals surface area contributed by atoms with Gasteiger partial charge in [-0.3, -0.25) is 11.3 Å². The Morgan fingerprint density at radius 2 is 1.83 bits per heavy atom. The molecule has 0 bridgehead atoms. The minimum Gasteiger partial charge on any atom is -0.271 e. The highest BCUT2D eigenvalue weighted by Gasteiger charge is 2.22. The van der Waals surface area contributed by atoms with Crippen molar-refractivity contribution in [3.05, 3.63) is 0 Å². The van der Waals surface area contributed by atoms with Gasteiger partial charge in [0.1, 0.15) is 0 Å². The highest BCUT2D eigenvalue weighted by Crippen LogP contribution is 2.22. The largest absolute Gasteiger partial charge is 0.271 e. The molecule has 74 valence electrons. The zero-order valence-electron chi connectivity index (χ0n) is 8.98. The van der Waals surface area contributed by atoms with Crippen LogP contribution in [0.25, 0.3) is 0 Å². The van der Waals surface area contributed by atoms with Gasteiger partial charge in [0.15, 0.2) is 0 Å². The first-order valence-electron chi connectivity index (χ1n) is 4.98. The lowest BCUT2D eigenvalue weighted by molar-refractivity contribution is 0.251. The molecule has 3 N–H and O–H groups in total. The minimum atomic E-state index is 0.280. The zero-order valence-corrected chi connectivity index (χ0v) is 8.98. The maximum Gasteiger partial charge on any atom is 0.0259 e. The van der Waals surface area contributed by atoms with Gasteiger partial charge in [-0.1, -0.05) is 47.0 Å². The molecule has 0 aliphatic heterocycles. The first kappa shape index (κ1) is 11.9. The zero-order chi connectivity index (χ0) is 9.61. The van der Waals surface area contributed by atoms with Crippen LogP contribution >= 0.6 is 0 Å². The van der Waals surface area contributed by atoms with Gasteiger partial charge in [0.05, 0.1) is 0 Å². The van der Waals surface area contributed by atoms with Crippen molar-refractivity contribution in [3.63, 3.8) is 0 Å². The molecule has 0 fully saturated rings. The summed E-state index contributed by atoms with van der Waals surface area (Å²) in [5.41, 5.74) is 3.18. The molecule has 0 radical (unpaired) electrons. The van der Waals surface area contributed by atoms with Gasteiger partial charge >= 0.3 is 0 Å². The Morgan fingerprint density at radius 1 is 1.25 bits per heavy atom. The molecule has 0 aromatic carbocycles. The smallest absolute Gasteiger partial charge is 0.0259 e. The molecule has 12 heavy (non-hydrogen) atoms. The second-order valence-electron chi connectivity index (χ2n) is 4.58. The van der Waals surface area contributed by atoms with Gasteiger partial charge in [-0.15, -0.1) is 0 Å². The summed E-state index contributed by atoms with van der Waals surface area (Å²) in [7, 11) is 0. The van der Waals surface area contributed by atoms with E-state index >= 15 is 0 Å².